The van der Waals surface area contributed by atoms with Gasteiger partial charge in [0.2, 0.25) is 5.91 Å². The molecule has 0 atom stereocenters. The normalized spacial score (nSPS) is 15.1. The van der Waals surface area contributed by atoms with Gasteiger partial charge in [0, 0.05) is 18.0 Å². The van der Waals surface area contributed by atoms with Gasteiger partial charge in [0.05, 0.1) is 24.2 Å². The molecule has 0 N–H and O–H groups in total. The van der Waals surface area contributed by atoms with E-state index in [0.717, 1.165) is 18.3 Å². The minimum Gasteiger partial charge on any atom is -0.335 e. The van der Waals surface area contributed by atoms with Gasteiger partial charge in [-0.25, -0.2) is 8.78 Å². The molecule has 1 fully saturated rings. The molecule has 9 heteroatoms. The van der Waals surface area contributed by atoms with E-state index in [4.69, 9.17) is 0 Å². The molecule has 1 aliphatic heterocycles. The van der Waals surface area contributed by atoms with E-state index in [1.807, 2.05) is 0 Å². The lowest BCUT2D eigenvalue weighted by Gasteiger charge is -2.34. The molecular weight excluding hydrogens is 381 g/mol. The molecule has 0 aliphatic carbocycles. The summed E-state index contributed by atoms with van der Waals surface area (Å²) < 4.78 is 67.3. The van der Waals surface area contributed by atoms with E-state index in [9.17, 15) is 26.7 Å². The fourth-order valence-electron chi connectivity index (χ4n) is 3.16. The van der Waals surface area contributed by atoms with Crippen molar-refractivity contribution in [1.82, 2.24) is 14.5 Å². The highest BCUT2D eigenvalue weighted by molar-refractivity contribution is 5.85. The molecule has 4 rings (SSSR count). The Hall–Kier alpha value is -2.97. The Kier molecular flexibility index (Phi) is 4.32. The van der Waals surface area contributed by atoms with Crippen LogP contribution in [0.5, 0.6) is 0 Å². The van der Waals surface area contributed by atoms with Crippen LogP contribution in [0.15, 0.2) is 42.7 Å². The summed E-state index contributed by atoms with van der Waals surface area (Å²) in [4.78, 5) is 17.5. The van der Waals surface area contributed by atoms with Gasteiger partial charge in [0.15, 0.2) is 5.82 Å². The number of rotatable bonds is 3. The van der Waals surface area contributed by atoms with Crippen LogP contribution in [0, 0.1) is 5.82 Å². The first-order valence-electron chi connectivity index (χ1n) is 8.46. The van der Waals surface area contributed by atoms with Crippen molar-refractivity contribution in [3.05, 3.63) is 54.1 Å². The molecular formula is C19H14F5N3O. The zero-order chi connectivity index (χ0) is 20.1. The fourth-order valence-corrected chi connectivity index (χ4v) is 3.16. The van der Waals surface area contributed by atoms with Gasteiger partial charge in [0.25, 0.3) is 0 Å². The average Bonchev–Trinajstić information content (AvgIpc) is 2.93. The zero-order valence-corrected chi connectivity index (χ0v) is 14.4. The Labute approximate surface area is 156 Å². The van der Waals surface area contributed by atoms with Crippen molar-refractivity contribution in [1.29, 1.82) is 0 Å². The molecule has 1 saturated heterocycles. The number of fused-ring (bicyclic) bond motifs is 1. The van der Waals surface area contributed by atoms with E-state index >= 15 is 0 Å². The summed E-state index contributed by atoms with van der Waals surface area (Å²) in [5, 5.41) is 0. The van der Waals surface area contributed by atoms with Crippen LogP contribution in [0.25, 0.3) is 22.2 Å². The monoisotopic (exact) mass is 395 g/mol. The number of halogens is 5. The van der Waals surface area contributed by atoms with E-state index < -0.39 is 23.7 Å². The summed E-state index contributed by atoms with van der Waals surface area (Å²) in [7, 11) is 0. The molecule has 0 spiro atoms. The molecule has 1 amide bonds. The second-order valence-corrected chi connectivity index (χ2v) is 6.67. The van der Waals surface area contributed by atoms with Gasteiger partial charge in [0.1, 0.15) is 18.2 Å². The smallest absolute Gasteiger partial charge is 0.335 e. The van der Waals surface area contributed by atoms with Gasteiger partial charge >= 0.3 is 6.18 Å². The quantitative estimate of drug-likeness (QED) is 0.628. The standard InChI is InChI=1S/C19H14F5N3O/c20-14-7-27(8-14)17(28)10-26-9-15(21)18-16(26)5-12(6-25-18)11-2-1-3-13(4-11)19(22,23)24/h1-6,9,14H,7-8,10H2. The summed E-state index contributed by atoms with van der Waals surface area (Å²) in [6, 6.07) is 6.21. The Morgan fingerprint density at radius 1 is 1.18 bits per heavy atom. The minimum absolute atomic E-state index is 0.00819. The lowest BCUT2D eigenvalue weighted by Crippen LogP contribution is -2.52. The summed E-state index contributed by atoms with van der Waals surface area (Å²) in [5.41, 5.74) is 0.110. The van der Waals surface area contributed by atoms with Crippen LogP contribution >= 0.6 is 0 Å². The molecule has 3 aromatic rings. The number of carbonyl (C=O) groups is 1. The highest BCUT2D eigenvalue weighted by Gasteiger charge is 2.31. The number of likely N-dealkylation sites (tertiary alicyclic amines) is 1. The first-order valence-corrected chi connectivity index (χ1v) is 8.46. The Balaban J connectivity index is 1.69. The summed E-state index contributed by atoms with van der Waals surface area (Å²) in [5.74, 6) is -1.01. The van der Waals surface area contributed by atoms with Crippen molar-refractivity contribution in [2.45, 2.75) is 18.9 Å². The number of pyridine rings is 1. The molecule has 0 bridgehead atoms. The number of aromatic nitrogens is 2. The maximum absolute atomic E-state index is 14.2. The van der Waals surface area contributed by atoms with E-state index in [1.54, 1.807) is 0 Å². The number of amides is 1. The van der Waals surface area contributed by atoms with E-state index in [2.05, 4.69) is 4.98 Å². The highest BCUT2D eigenvalue weighted by Crippen LogP contribution is 2.33. The Bertz CT molecular complexity index is 1050. The maximum atomic E-state index is 14.2. The Morgan fingerprint density at radius 3 is 2.61 bits per heavy atom. The SMILES string of the molecule is O=C(Cn1cc(F)c2ncc(-c3cccc(C(F)(F)F)c3)cc21)N1CC(F)C1. The lowest BCUT2D eigenvalue weighted by atomic mass is 10.0. The second-order valence-electron chi connectivity index (χ2n) is 6.67. The third kappa shape index (κ3) is 3.32. The van der Waals surface area contributed by atoms with Crippen LogP contribution in [-0.4, -0.2) is 39.6 Å². The van der Waals surface area contributed by atoms with Gasteiger partial charge in [-0.15, -0.1) is 0 Å². The number of nitrogens with zero attached hydrogens (tertiary/aromatic N) is 3. The molecule has 1 aliphatic rings. The average molecular weight is 395 g/mol. The molecule has 0 radical (unpaired) electrons. The number of hydrogen-bond donors (Lipinski definition) is 0. The topological polar surface area (TPSA) is 38.1 Å². The number of hydrogen-bond acceptors (Lipinski definition) is 2. The van der Waals surface area contributed by atoms with Gasteiger partial charge in [-0.05, 0) is 23.8 Å². The number of benzene rings is 1. The molecule has 2 aromatic heterocycles. The van der Waals surface area contributed by atoms with Crippen LogP contribution in [0.1, 0.15) is 5.56 Å². The van der Waals surface area contributed by atoms with E-state index in [1.165, 1.54) is 33.9 Å². The first-order chi connectivity index (χ1) is 13.2. The third-order valence-corrected chi connectivity index (χ3v) is 4.69. The summed E-state index contributed by atoms with van der Waals surface area (Å²) in [6.45, 7) is -0.191. The van der Waals surface area contributed by atoms with Gasteiger partial charge in [-0.2, -0.15) is 13.2 Å². The van der Waals surface area contributed by atoms with Crippen molar-refractivity contribution >= 4 is 16.9 Å². The molecule has 28 heavy (non-hydrogen) atoms. The third-order valence-electron chi connectivity index (χ3n) is 4.69. The molecule has 146 valence electrons. The zero-order valence-electron chi connectivity index (χ0n) is 14.4. The van der Waals surface area contributed by atoms with Crippen molar-refractivity contribution < 1.29 is 26.7 Å². The molecule has 1 aromatic carbocycles. The highest BCUT2D eigenvalue weighted by atomic mass is 19.4. The second kappa shape index (κ2) is 6.57. The maximum Gasteiger partial charge on any atom is 0.416 e. The van der Waals surface area contributed by atoms with Crippen molar-refractivity contribution in [2.24, 2.45) is 0 Å². The lowest BCUT2D eigenvalue weighted by molar-refractivity contribution is -0.139. The number of carbonyl (C=O) groups excluding carboxylic acids is 1. The number of alkyl halides is 4. The van der Waals surface area contributed by atoms with E-state index in [-0.39, 0.29) is 42.1 Å². The Morgan fingerprint density at radius 2 is 1.93 bits per heavy atom. The fraction of sp³-hybridized carbons (Fsp3) is 0.263. The van der Waals surface area contributed by atoms with E-state index in [0.29, 0.717) is 5.56 Å². The van der Waals surface area contributed by atoms with Gasteiger partial charge in [-0.3, -0.25) is 9.78 Å². The van der Waals surface area contributed by atoms with Gasteiger partial charge < -0.3 is 9.47 Å². The summed E-state index contributed by atoms with van der Waals surface area (Å²) in [6.07, 6.45) is -3.14. The predicted octanol–water partition coefficient (Wildman–Crippen LogP) is 4.04. The first kappa shape index (κ1) is 18.4. The predicted molar refractivity (Wildman–Crippen MR) is 91.6 cm³/mol. The largest absolute Gasteiger partial charge is 0.416 e. The summed E-state index contributed by atoms with van der Waals surface area (Å²) >= 11 is 0. The van der Waals surface area contributed by atoms with Crippen LogP contribution in [0.3, 0.4) is 0 Å². The molecule has 3 heterocycles. The van der Waals surface area contributed by atoms with Crippen LogP contribution in [0.4, 0.5) is 22.0 Å². The van der Waals surface area contributed by atoms with Gasteiger partial charge in [-0.1, -0.05) is 12.1 Å². The van der Waals surface area contributed by atoms with Crippen molar-refractivity contribution in [3.63, 3.8) is 0 Å². The van der Waals surface area contributed by atoms with Crippen molar-refractivity contribution in [2.75, 3.05) is 13.1 Å². The van der Waals surface area contributed by atoms with Crippen molar-refractivity contribution in [3.8, 4) is 11.1 Å². The minimum atomic E-state index is -4.49. The molecule has 4 nitrogen and oxygen atoms in total. The molecule has 0 unspecified atom stereocenters. The van der Waals surface area contributed by atoms with Crippen LogP contribution in [-0.2, 0) is 17.5 Å². The van der Waals surface area contributed by atoms with Crippen LogP contribution in [0.2, 0.25) is 0 Å². The van der Waals surface area contributed by atoms with Crippen LogP contribution < -0.4 is 0 Å². The molecule has 0 saturated carbocycles.